The van der Waals surface area contributed by atoms with Gasteiger partial charge >= 0.3 is 0 Å². The number of nitro benzene ring substituents is 1. The average Bonchev–Trinajstić information content (AvgIpc) is 2.27. The summed E-state index contributed by atoms with van der Waals surface area (Å²) in [6.07, 6.45) is 4.43. The van der Waals surface area contributed by atoms with E-state index in [0.717, 1.165) is 19.3 Å². The van der Waals surface area contributed by atoms with E-state index in [1.54, 1.807) is 12.1 Å². The smallest absolute Gasteiger partial charge is 0.269 e. The predicted molar refractivity (Wildman–Crippen MR) is 66.2 cm³/mol. The first kappa shape index (κ1) is 12.2. The Labute approximate surface area is 104 Å². The molecule has 1 aliphatic rings. The van der Waals surface area contributed by atoms with Crippen LogP contribution in [0.5, 0.6) is 0 Å². The van der Waals surface area contributed by atoms with Crippen molar-refractivity contribution in [3.63, 3.8) is 0 Å². The highest BCUT2D eigenvalue weighted by atomic mass is 16.6. The molecule has 0 atom stereocenters. The molecule has 0 radical (unpaired) electrons. The summed E-state index contributed by atoms with van der Waals surface area (Å²) in [7, 11) is 0. The maximum absolute atomic E-state index is 11.4. The second-order valence-corrected chi connectivity index (χ2v) is 4.21. The Balaban J connectivity index is 1.88. The predicted octanol–water partition coefficient (Wildman–Crippen LogP) is 1.84. The van der Waals surface area contributed by atoms with E-state index in [1.165, 1.54) is 18.3 Å². The van der Waals surface area contributed by atoms with Crippen LogP contribution in [-0.4, -0.2) is 17.0 Å². The molecule has 18 heavy (non-hydrogen) atoms. The van der Waals surface area contributed by atoms with Gasteiger partial charge in [0.15, 0.2) is 0 Å². The highest BCUT2D eigenvalue weighted by Crippen LogP contribution is 2.26. The van der Waals surface area contributed by atoms with Crippen LogP contribution < -0.4 is 5.43 Å². The maximum Gasteiger partial charge on any atom is 0.269 e. The number of hydrazone groups is 1. The zero-order valence-electron chi connectivity index (χ0n) is 9.70. The zero-order valence-corrected chi connectivity index (χ0v) is 9.70. The van der Waals surface area contributed by atoms with Crippen molar-refractivity contribution in [2.24, 2.45) is 11.0 Å². The minimum Gasteiger partial charge on any atom is -0.273 e. The van der Waals surface area contributed by atoms with Crippen molar-refractivity contribution in [3.05, 3.63) is 39.9 Å². The molecule has 1 saturated carbocycles. The van der Waals surface area contributed by atoms with Crippen molar-refractivity contribution in [3.8, 4) is 0 Å². The van der Waals surface area contributed by atoms with Crippen LogP contribution >= 0.6 is 0 Å². The normalized spacial score (nSPS) is 15.3. The minimum absolute atomic E-state index is 0.0330. The molecule has 1 fully saturated rings. The van der Waals surface area contributed by atoms with Crippen molar-refractivity contribution >= 4 is 17.8 Å². The van der Waals surface area contributed by atoms with Crippen molar-refractivity contribution in [1.82, 2.24) is 5.43 Å². The van der Waals surface area contributed by atoms with Gasteiger partial charge in [-0.15, -0.1) is 0 Å². The highest BCUT2D eigenvalue weighted by Gasteiger charge is 2.24. The average molecular weight is 247 g/mol. The van der Waals surface area contributed by atoms with Crippen LogP contribution in [0.25, 0.3) is 0 Å². The Morgan fingerprint density at radius 1 is 1.39 bits per heavy atom. The first-order chi connectivity index (χ1) is 8.66. The quantitative estimate of drug-likeness (QED) is 0.500. The number of nitrogens with zero attached hydrogens (tertiary/aromatic N) is 2. The summed E-state index contributed by atoms with van der Waals surface area (Å²) in [5.41, 5.74) is 3.20. The molecular weight excluding hydrogens is 234 g/mol. The van der Waals surface area contributed by atoms with E-state index in [0.29, 0.717) is 5.56 Å². The molecule has 0 heterocycles. The molecule has 0 saturated heterocycles. The molecular formula is C12H13N3O3. The number of hydrogen-bond donors (Lipinski definition) is 1. The van der Waals surface area contributed by atoms with E-state index in [2.05, 4.69) is 10.5 Å². The Morgan fingerprint density at radius 3 is 2.56 bits per heavy atom. The van der Waals surface area contributed by atoms with Crippen molar-refractivity contribution in [2.45, 2.75) is 19.3 Å². The second kappa shape index (κ2) is 5.39. The van der Waals surface area contributed by atoms with Gasteiger partial charge in [-0.05, 0) is 30.5 Å². The lowest BCUT2D eigenvalue weighted by Crippen LogP contribution is -2.31. The van der Waals surface area contributed by atoms with E-state index in [9.17, 15) is 14.9 Å². The summed E-state index contributed by atoms with van der Waals surface area (Å²) in [5.74, 6) is 0.0402. The highest BCUT2D eigenvalue weighted by molar-refractivity contribution is 5.83. The van der Waals surface area contributed by atoms with Crippen LogP contribution in [0, 0.1) is 16.0 Å². The topological polar surface area (TPSA) is 84.6 Å². The standard InChI is InChI=1S/C12H13N3O3/c16-12(10-2-1-3-10)14-13-8-9-4-6-11(7-5-9)15(17)18/h4-8,10H,1-3H2,(H,14,16)/b13-8+. The lowest BCUT2D eigenvalue weighted by molar-refractivity contribution is -0.384. The molecule has 0 spiro atoms. The fraction of sp³-hybridized carbons (Fsp3) is 0.333. The van der Waals surface area contributed by atoms with Gasteiger partial charge in [-0.3, -0.25) is 14.9 Å². The Bertz CT molecular complexity index is 478. The number of benzene rings is 1. The van der Waals surface area contributed by atoms with Gasteiger partial charge in [0.1, 0.15) is 0 Å². The maximum atomic E-state index is 11.4. The molecule has 1 amide bonds. The van der Waals surface area contributed by atoms with E-state index in [4.69, 9.17) is 0 Å². The van der Waals surface area contributed by atoms with Gasteiger partial charge in [-0.25, -0.2) is 5.43 Å². The lowest BCUT2D eigenvalue weighted by Gasteiger charge is -2.22. The molecule has 94 valence electrons. The molecule has 1 aliphatic carbocycles. The minimum atomic E-state index is -0.459. The summed E-state index contributed by atoms with van der Waals surface area (Å²) in [6.45, 7) is 0. The third-order valence-electron chi connectivity index (χ3n) is 2.97. The van der Waals surface area contributed by atoms with Crippen molar-refractivity contribution in [2.75, 3.05) is 0 Å². The van der Waals surface area contributed by atoms with Crippen molar-refractivity contribution in [1.29, 1.82) is 0 Å². The molecule has 2 rings (SSSR count). The third kappa shape index (κ3) is 2.91. The van der Waals surface area contributed by atoms with Gasteiger partial charge in [-0.1, -0.05) is 6.42 Å². The summed E-state index contributed by atoms with van der Waals surface area (Å²) in [6, 6.07) is 5.96. The van der Waals surface area contributed by atoms with Gasteiger partial charge in [-0.2, -0.15) is 5.10 Å². The fourth-order valence-electron chi connectivity index (χ4n) is 1.61. The van der Waals surface area contributed by atoms with Gasteiger partial charge in [0, 0.05) is 18.1 Å². The molecule has 0 bridgehead atoms. The number of carbonyl (C=O) groups excluding carboxylic acids is 1. The molecule has 0 aliphatic heterocycles. The lowest BCUT2D eigenvalue weighted by atomic mass is 9.85. The number of non-ortho nitro benzene ring substituents is 1. The van der Waals surface area contributed by atoms with E-state index in [-0.39, 0.29) is 17.5 Å². The number of nitro groups is 1. The third-order valence-corrected chi connectivity index (χ3v) is 2.97. The Morgan fingerprint density at radius 2 is 2.06 bits per heavy atom. The van der Waals surface area contributed by atoms with Crippen LogP contribution in [0.3, 0.4) is 0 Å². The monoisotopic (exact) mass is 247 g/mol. The first-order valence-electron chi connectivity index (χ1n) is 5.74. The van der Waals surface area contributed by atoms with Gasteiger partial charge < -0.3 is 0 Å². The van der Waals surface area contributed by atoms with Crippen LogP contribution in [-0.2, 0) is 4.79 Å². The van der Waals surface area contributed by atoms with Crippen LogP contribution in [0.2, 0.25) is 0 Å². The van der Waals surface area contributed by atoms with Gasteiger partial charge in [0.25, 0.3) is 5.69 Å². The molecule has 0 aromatic heterocycles. The van der Waals surface area contributed by atoms with E-state index in [1.807, 2.05) is 0 Å². The molecule has 0 unspecified atom stereocenters. The first-order valence-corrected chi connectivity index (χ1v) is 5.74. The van der Waals surface area contributed by atoms with Gasteiger partial charge in [0.05, 0.1) is 11.1 Å². The molecule has 1 aromatic carbocycles. The van der Waals surface area contributed by atoms with Crippen LogP contribution in [0.1, 0.15) is 24.8 Å². The Hall–Kier alpha value is -2.24. The molecule has 6 heteroatoms. The van der Waals surface area contributed by atoms with E-state index < -0.39 is 4.92 Å². The van der Waals surface area contributed by atoms with Crippen LogP contribution in [0.4, 0.5) is 5.69 Å². The second-order valence-electron chi connectivity index (χ2n) is 4.21. The van der Waals surface area contributed by atoms with Crippen molar-refractivity contribution < 1.29 is 9.72 Å². The fourth-order valence-corrected chi connectivity index (χ4v) is 1.61. The summed E-state index contributed by atoms with van der Waals surface area (Å²) >= 11 is 0. The number of carbonyl (C=O) groups is 1. The molecule has 1 N–H and O–H groups in total. The summed E-state index contributed by atoms with van der Waals surface area (Å²) in [5, 5.41) is 14.3. The Kier molecular flexibility index (Phi) is 3.66. The van der Waals surface area contributed by atoms with E-state index >= 15 is 0 Å². The largest absolute Gasteiger partial charge is 0.273 e. The molecule has 6 nitrogen and oxygen atoms in total. The number of nitrogens with one attached hydrogen (secondary N) is 1. The summed E-state index contributed by atoms with van der Waals surface area (Å²) < 4.78 is 0. The molecule has 1 aromatic rings. The number of amides is 1. The number of rotatable bonds is 4. The zero-order chi connectivity index (χ0) is 13.0. The van der Waals surface area contributed by atoms with Gasteiger partial charge in [0.2, 0.25) is 5.91 Å². The number of hydrogen-bond acceptors (Lipinski definition) is 4. The van der Waals surface area contributed by atoms with Crippen LogP contribution in [0.15, 0.2) is 29.4 Å². The summed E-state index contributed by atoms with van der Waals surface area (Å²) in [4.78, 5) is 21.4. The SMILES string of the molecule is O=C(N/N=C/c1ccc([N+](=O)[O-])cc1)C1CCC1.